The maximum Gasteiger partial charge on any atom is 0.334 e. The maximum absolute atomic E-state index is 12.2. The number of pyridine rings is 1. The molecule has 1 aliphatic rings. The lowest BCUT2D eigenvalue weighted by Crippen LogP contribution is -2.44. The smallest absolute Gasteiger partial charge is 0.334 e. The molecule has 1 aromatic rings. The Balaban J connectivity index is 2.48. The van der Waals surface area contributed by atoms with Gasteiger partial charge in [-0.1, -0.05) is 6.07 Å². The van der Waals surface area contributed by atoms with E-state index in [9.17, 15) is 13.2 Å². The summed E-state index contributed by atoms with van der Waals surface area (Å²) in [6.45, 7) is 0. The fourth-order valence-electron chi connectivity index (χ4n) is 1.26. The van der Waals surface area contributed by atoms with Crippen LogP contribution >= 0.6 is 0 Å². The fourth-order valence-corrected chi connectivity index (χ4v) is 2.47. The average Bonchev–Trinajstić information content (AvgIpc) is 2.40. The predicted octanol–water partition coefficient (Wildman–Crippen LogP) is -0.0600. The summed E-state index contributed by atoms with van der Waals surface area (Å²) in [7, 11) is -4.27. The highest BCUT2D eigenvalue weighted by atomic mass is 32.2. The first-order chi connectivity index (χ1) is 9.03. The number of amidine groups is 1. The van der Waals surface area contributed by atoms with Crippen LogP contribution in [0.2, 0.25) is 0 Å². The molecule has 0 saturated carbocycles. The van der Waals surface area contributed by atoms with E-state index in [1.54, 1.807) is 0 Å². The summed E-state index contributed by atoms with van der Waals surface area (Å²) >= 11 is 0. The van der Waals surface area contributed by atoms with Crippen molar-refractivity contribution in [2.75, 3.05) is 0 Å². The number of rotatable bonds is 2. The molecule has 0 saturated heterocycles. The summed E-state index contributed by atoms with van der Waals surface area (Å²) in [6.07, 6.45) is 3.38. The van der Waals surface area contributed by atoms with Crippen molar-refractivity contribution < 1.29 is 23.1 Å². The molecule has 10 heteroatoms. The lowest BCUT2D eigenvalue weighted by Gasteiger charge is -2.19. The number of primary amides is 1. The fraction of sp³-hybridized carbons (Fsp3) is 0. The molecule has 100 valence electrons. The summed E-state index contributed by atoms with van der Waals surface area (Å²) in [5, 5.41) is 2.92. The van der Waals surface area contributed by atoms with Crippen LogP contribution in [0.25, 0.3) is 0 Å². The first-order valence-electron chi connectivity index (χ1n) is 4.86. The minimum Gasteiger partial charge on any atom is -0.350 e. The number of hydrogen-bond acceptors (Lipinski definition) is 7. The number of nitrogens with two attached hydrogens (primary N) is 1. The second kappa shape index (κ2) is 4.94. The van der Waals surface area contributed by atoms with Gasteiger partial charge in [0.1, 0.15) is 6.26 Å². The number of oxime groups is 1. The molecule has 0 spiro atoms. The Morgan fingerprint density at radius 2 is 2.16 bits per heavy atom. The molecule has 0 unspecified atom stereocenters. The van der Waals surface area contributed by atoms with Gasteiger partial charge in [-0.25, -0.2) is 9.78 Å². The number of carbonyl (C=O) groups is 1. The number of amides is 2. The van der Waals surface area contributed by atoms with Crippen LogP contribution in [0, 0.1) is 0 Å². The SMILES string of the molecule is NC(=O)N(C1=NOOC=C1)S(=O)(=O)c1ccccn1. The standard InChI is InChI=1S/C9H8N4O5S/c10-9(14)13(7-4-6-17-18-12-7)19(15,16)8-3-1-2-5-11-8/h1-6H,(H2,10,14). The Bertz CT molecular complexity index is 640. The zero-order valence-electron chi connectivity index (χ0n) is 9.33. The summed E-state index contributed by atoms with van der Waals surface area (Å²) in [5.41, 5.74) is 5.06. The Morgan fingerprint density at radius 3 is 2.68 bits per heavy atom. The van der Waals surface area contributed by atoms with Gasteiger partial charge in [0.15, 0.2) is 10.9 Å². The zero-order valence-corrected chi connectivity index (χ0v) is 10.1. The number of aromatic nitrogens is 1. The molecule has 2 heterocycles. The van der Waals surface area contributed by atoms with E-state index < -0.39 is 16.1 Å². The number of nitrogens with zero attached hydrogens (tertiary/aromatic N) is 3. The Labute approximate surface area is 107 Å². The second-order valence-corrected chi connectivity index (χ2v) is 4.93. The molecule has 1 aliphatic heterocycles. The molecule has 0 bridgehead atoms. The second-order valence-electron chi connectivity index (χ2n) is 3.20. The van der Waals surface area contributed by atoms with Crippen LogP contribution in [0.15, 0.2) is 46.9 Å². The van der Waals surface area contributed by atoms with Crippen molar-refractivity contribution in [2.24, 2.45) is 10.9 Å². The van der Waals surface area contributed by atoms with Gasteiger partial charge in [-0.05, 0) is 17.3 Å². The zero-order chi connectivity index (χ0) is 13.9. The number of sulfonamides is 1. The highest BCUT2D eigenvalue weighted by Crippen LogP contribution is 2.15. The molecule has 2 N–H and O–H groups in total. The Morgan fingerprint density at radius 1 is 1.37 bits per heavy atom. The molecule has 0 atom stereocenters. The van der Waals surface area contributed by atoms with Crippen LogP contribution in [0.1, 0.15) is 0 Å². The highest BCUT2D eigenvalue weighted by molar-refractivity contribution is 7.90. The topological polar surface area (TPSA) is 124 Å². The monoisotopic (exact) mass is 284 g/mol. The molecule has 0 radical (unpaired) electrons. The number of hydrogen-bond donors (Lipinski definition) is 1. The summed E-state index contributed by atoms with van der Waals surface area (Å²) in [6, 6.07) is 2.95. The van der Waals surface area contributed by atoms with Crippen LogP contribution in [0.3, 0.4) is 0 Å². The summed E-state index contributed by atoms with van der Waals surface area (Å²) in [5.74, 6) is -0.343. The van der Waals surface area contributed by atoms with E-state index in [4.69, 9.17) is 5.73 Å². The summed E-state index contributed by atoms with van der Waals surface area (Å²) < 4.78 is 24.7. The third-order valence-electron chi connectivity index (χ3n) is 2.00. The third kappa shape index (κ3) is 2.47. The van der Waals surface area contributed by atoms with E-state index in [1.165, 1.54) is 24.4 Å². The van der Waals surface area contributed by atoms with Crippen molar-refractivity contribution in [2.45, 2.75) is 5.03 Å². The third-order valence-corrected chi connectivity index (χ3v) is 3.61. The van der Waals surface area contributed by atoms with Crippen LogP contribution < -0.4 is 5.73 Å². The van der Waals surface area contributed by atoms with Gasteiger partial charge in [0, 0.05) is 12.3 Å². The first-order valence-corrected chi connectivity index (χ1v) is 6.30. The summed E-state index contributed by atoms with van der Waals surface area (Å²) in [4.78, 5) is 23.5. The average molecular weight is 284 g/mol. The Hall–Kier alpha value is -2.62. The molecule has 2 rings (SSSR count). The quantitative estimate of drug-likeness (QED) is 0.758. The lowest BCUT2D eigenvalue weighted by atomic mass is 10.5. The van der Waals surface area contributed by atoms with Gasteiger partial charge in [-0.3, -0.25) is 4.89 Å². The van der Waals surface area contributed by atoms with Crippen molar-refractivity contribution >= 4 is 21.9 Å². The first kappa shape index (κ1) is 12.8. The van der Waals surface area contributed by atoms with Crippen LogP contribution in [0.4, 0.5) is 4.79 Å². The highest BCUT2D eigenvalue weighted by Gasteiger charge is 2.33. The van der Waals surface area contributed by atoms with Crippen molar-refractivity contribution in [3.8, 4) is 0 Å². The molecule has 0 fully saturated rings. The molecular weight excluding hydrogens is 276 g/mol. The minimum absolute atomic E-state index is 0.258. The van der Waals surface area contributed by atoms with Crippen LogP contribution in [-0.4, -0.2) is 29.6 Å². The lowest BCUT2D eigenvalue weighted by molar-refractivity contribution is -0.252. The normalized spacial score (nSPS) is 14.0. The van der Waals surface area contributed by atoms with Crippen molar-refractivity contribution in [1.82, 2.24) is 9.29 Å². The van der Waals surface area contributed by atoms with E-state index in [1.807, 2.05) is 0 Å². The minimum atomic E-state index is -4.27. The molecular formula is C9H8N4O5S. The number of urea groups is 1. The molecule has 0 aromatic carbocycles. The largest absolute Gasteiger partial charge is 0.350 e. The van der Waals surface area contributed by atoms with Gasteiger partial charge in [0.05, 0.1) is 0 Å². The molecule has 9 nitrogen and oxygen atoms in total. The maximum atomic E-state index is 12.2. The molecule has 1 aromatic heterocycles. The van der Waals surface area contributed by atoms with E-state index in [0.717, 1.165) is 12.3 Å². The van der Waals surface area contributed by atoms with Gasteiger partial charge >= 0.3 is 6.03 Å². The van der Waals surface area contributed by atoms with E-state index >= 15 is 0 Å². The van der Waals surface area contributed by atoms with E-state index in [-0.39, 0.29) is 15.2 Å². The van der Waals surface area contributed by atoms with Crippen LogP contribution in [0.5, 0.6) is 0 Å². The molecule has 2 amide bonds. The van der Waals surface area contributed by atoms with Gasteiger partial charge in [0.25, 0.3) is 10.0 Å². The van der Waals surface area contributed by atoms with Crippen molar-refractivity contribution in [3.63, 3.8) is 0 Å². The number of carbonyl (C=O) groups excluding carboxylic acids is 1. The van der Waals surface area contributed by atoms with Gasteiger partial charge < -0.3 is 5.73 Å². The van der Waals surface area contributed by atoms with Crippen molar-refractivity contribution in [1.29, 1.82) is 0 Å². The van der Waals surface area contributed by atoms with Gasteiger partial charge in [0.2, 0.25) is 0 Å². The van der Waals surface area contributed by atoms with Gasteiger partial charge in [-0.2, -0.15) is 17.7 Å². The molecule has 0 aliphatic carbocycles. The Kier molecular flexibility index (Phi) is 3.33. The predicted molar refractivity (Wildman–Crippen MR) is 61.6 cm³/mol. The van der Waals surface area contributed by atoms with Gasteiger partial charge in [-0.15, -0.1) is 0 Å². The van der Waals surface area contributed by atoms with E-state index in [2.05, 4.69) is 20.0 Å². The van der Waals surface area contributed by atoms with Crippen LogP contribution in [-0.2, 0) is 19.9 Å². The van der Waals surface area contributed by atoms with E-state index in [0.29, 0.717) is 0 Å². The molecule has 19 heavy (non-hydrogen) atoms. The van der Waals surface area contributed by atoms with Crippen molar-refractivity contribution in [3.05, 3.63) is 36.7 Å².